The fraction of sp³-hybridized carbons (Fsp3) is 0.316. The Labute approximate surface area is 142 Å². The van der Waals surface area contributed by atoms with Gasteiger partial charge in [0.05, 0.1) is 6.54 Å². The van der Waals surface area contributed by atoms with Crippen LogP contribution in [-0.2, 0) is 11.2 Å². The average molecular weight is 332 g/mol. The Morgan fingerprint density at radius 2 is 1.83 bits per heavy atom. The van der Waals surface area contributed by atoms with Crippen LogP contribution in [0.15, 0.2) is 42.5 Å². The Kier molecular flexibility index (Phi) is 6.48. The number of hydrogen-bond donors (Lipinski definition) is 1. The van der Waals surface area contributed by atoms with E-state index in [1.54, 1.807) is 0 Å². The highest BCUT2D eigenvalue weighted by molar-refractivity contribution is 6.31. The summed E-state index contributed by atoms with van der Waals surface area (Å²) in [5.41, 5.74) is 3.34. The summed E-state index contributed by atoms with van der Waals surface area (Å²) in [6.07, 6.45) is 1.07. The molecule has 0 radical (unpaired) electrons. The highest BCUT2D eigenvalue weighted by Crippen LogP contribution is 2.17. The lowest BCUT2D eigenvalue weighted by molar-refractivity contribution is -0.121. The third-order valence-corrected chi connectivity index (χ3v) is 3.84. The van der Waals surface area contributed by atoms with Crippen molar-refractivity contribution in [2.24, 2.45) is 0 Å². The highest BCUT2D eigenvalue weighted by atomic mass is 35.5. The van der Waals surface area contributed by atoms with Gasteiger partial charge in [-0.25, -0.2) is 0 Å². The third kappa shape index (κ3) is 5.95. The fourth-order valence-electron chi connectivity index (χ4n) is 2.41. The topological polar surface area (TPSA) is 38.3 Å². The van der Waals surface area contributed by atoms with E-state index in [1.165, 1.54) is 11.1 Å². The lowest BCUT2D eigenvalue weighted by Gasteiger charge is -2.09. The van der Waals surface area contributed by atoms with Gasteiger partial charge in [-0.15, -0.1) is 0 Å². The van der Waals surface area contributed by atoms with Crippen LogP contribution >= 0.6 is 11.6 Å². The normalized spacial score (nSPS) is 10.4. The van der Waals surface area contributed by atoms with Crippen LogP contribution in [0, 0.1) is 13.8 Å². The highest BCUT2D eigenvalue weighted by Gasteiger charge is 2.04. The molecular formula is C19H22ClNO2. The lowest BCUT2D eigenvalue weighted by atomic mass is 10.1. The van der Waals surface area contributed by atoms with E-state index in [0.29, 0.717) is 31.0 Å². The standard InChI is InChI=1S/C19H22ClNO2/c1-14-11-15(2)13-17(12-14)23-10-9-21-19(22)8-7-16-5-3-4-6-18(16)20/h3-6,11-13H,7-10H2,1-2H3,(H,21,22). The van der Waals surface area contributed by atoms with Gasteiger partial charge in [-0.2, -0.15) is 0 Å². The first-order valence-electron chi connectivity index (χ1n) is 7.76. The van der Waals surface area contributed by atoms with Crippen LogP contribution < -0.4 is 10.1 Å². The second-order valence-corrected chi connectivity index (χ2v) is 6.02. The summed E-state index contributed by atoms with van der Waals surface area (Å²) in [4.78, 5) is 11.8. The molecule has 0 aliphatic heterocycles. The van der Waals surface area contributed by atoms with E-state index in [1.807, 2.05) is 50.2 Å². The van der Waals surface area contributed by atoms with Crippen LogP contribution in [0.1, 0.15) is 23.1 Å². The molecule has 4 heteroatoms. The first-order valence-corrected chi connectivity index (χ1v) is 8.13. The largest absolute Gasteiger partial charge is 0.492 e. The zero-order valence-corrected chi connectivity index (χ0v) is 14.3. The minimum atomic E-state index is 0.00828. The van der Waals surface area contributed by atoms with Crippen LogP contribution in [0.25, 0.3) is 0 Å². The molecule has 0 fully saturated rings. The van der Waals surface area contributed by atoms with Crippen LogP contribution in [0.2, 0.25) is 5.02 Å². The summed E-state index contributed by atoms with van der Waals surface area (Å²) in [6.45, 7) is 5.03. The van der Waals surface area contributed by atoms with Gasteiger partial charge in [-0.1, -0.05) is 35.9 Å². The van der Waals surface area contributed by atoms with E-state index in [-0.39, 0.29) is 5.91 Å². The third-order valence-electron chi connectivity index (χ3n) is 3.47. The van der Waals surface area contributed by atoms with Crippen LogP contribution in [0.5, 0.6) is 5.75 Å². The number of benzene rings is 2. The van der Waals surface area contributed by atoms with Crippen molar-refractivity contribution in [1.29, 1.82) is 0 Å². The number of halogens is 1. The maximum Gasteiger partial charge on any atom is 0.220 e. The average Bonchev–Trinajstić information content (AvgIpc) is 2.50. The number of carbonyl (C=O) groups excluding carboxylic acids is 1. The van der Waals surface area contributed by atoms with Gasteiger partial charge in [-0.05, 0) is 55.2 Å². The van der Waals surface area contributed by atoms with Crippen molar-refractivity contribution in [1.82, 2.24) is 5.32 Å². The molecule has 1 N–H and O–H groups in total. The first kappa shape index (κ1) is 17.4. The zero-order valence-electron chi connectivity index (χ0n) is 13.6. The molecule has 1 amide bonds. The molecule has 0 heterocycles. The molecular weight excluding hydrogens is 310 g/mol. The van der Waals surface area contributed by atoms with E-state index in [4.69, 9.17) is 16.3 Å². The van der Waals surface area contributed by atoms with E-state index in [0.717, 1.165) is 11.3 Å². The minimum absolute atomic E-state index is 0.00828. The van der Waals surface area contributed by atoms with Crippen LogP contribution in [-0.4, -0.2) is 19.1 Å². The van der Waals surface area contributed by atoms with Gasteiger partial charge in [0.2, 0.25) is 5.91 Å². The summed E-state index contributed by atoms with van der Waals surface area (Å²) in [5, 5.41) is 3.57. The molecule has 0 saturated heterocycles. The molecule has 3 nitrogen and oxygen atoms in total. The van der Waals surface area contributed by atoms with Gasteiger partial charge in [0, 0.05) is 11.4 Å². The Bertz CT molecular complexity index is 650. The molecule has 0 saturated carbocycles. The maximum atomic E-state index is 11.8. The van der Waals surface area contributed by atoms with Gasteiger partial charge in [0.15, 0.2) is 0 Å². The molecule has 0 aliphatic rings. The van der Waals surface area contributed by atoms with E-state index >= 15 is 0 Å². The number of hydrogen-bond acceptors (Lipinski definition) is 2. The van der Waals surface area contributed by atoms with Crippen molar-refractivity contribution in [3.8, 4) is 5.75 Å². The molecule has 0 aliphatic carbocycles. The summed E-state index contributed by atoms with van der Waals surface area (Å²) < 4.78 is 5.66. The first-order chi connectivity index (χ1) is 11.0. The SMILES string of the molecule is Cc1cc(C)cc(OCCNC(=O)CCc2ccccc2Cl)c1. The van der Waals surface area contributed by atoms with Crippen molar-refractivity contribution >= 4 is 17.5 Å². The van der Waals surface area contributed by atoms with Crippen molar-refractivity contribution in [3.05, 3.63) is 64.2 Å². The molecule has 2 aromatic rings. The fourth-order valence-corrected chi connectivity index (χ4v) is 2.64. The second-order valence-electron chi connectivity index (χ2n) is 5.61. The van der Waals surface area contributed by atoms with Gasteiger partial charge >= 0.3 is 0 Å². The summed E-state index contributed by atoms with van der Waals surface area (Å²) in [6, 6.07) is 13.7. The molecule has 122 valence electrons. The number of carbonyl (C=O) groups is 1. The predicted octanol–water partition coefficient (Wildman–Crippen LogP) is 4.08. The molecule has 0 bridgehead atoms. The Hall–Kier alpha value is -2.00. The zero-order chi connectivity index (χ0) is 16.7. The van der Waals surface area contributed by atoms with Crippen LogP contribution in [0.3, 0.4) is 0 Å². The Balaban J connectivity index is 1.68. The van der Waals surface area contributed by atoms with Gasteiger partial charge in [0.25, 0.3) is 0 Å². The van der Waals surface area contributed by atoms with E-state index < -0.39 is 0 Å². The number of amides is 1. The number of aryl methyl sites for hydroxylation is 3. The quantitative estimate of drug-likeness (QED) is 0.776. The van der Waals surface area contributed by atoms with Crippen LogP contribution in [0.4, 0.5) is 0 Å². The van der Waals surface area contributed by atoms with E-state index in [2.05, 4.69) is 11.4 Å². The molecule has 2 aromatic carbocycles. The minimum Gasteiger partial charge on any atom is -0.492 e. The molecule has 2 rings (SSSR count). The maximum absolute atomic E-state index is 11.8. The second kappa shape index (κ2) is 8.59. The molecule has 0 spiro atoms. The lowest BCUT2D eigenvalue weighted by Crippen LogP contribution is -2.28. The number of rotatable bonds is 7. The Morgan fingerprint density at radius 1 is 1.13 bits per heavy atom. The van der Waals surface area contributed by atoms with Crippen molar-refractivity contribution in [3.63, 3.8) is 0 Å². The predicted molar refractivity (Wildman–Crippen MR) is 94.2 cm³/mol. The molecule has 23 heavy (non-hydrogen) atoms. The molecule has 0 unspecified atom stereocenters. The number of ether oxygens (including phenoxy) is 1. The van der Waals surface area contributed by atoms with Crippen molar-refractivity contribution < 1.29 is 9.53 Å². The summed E-state index contributed by atoms with van der Waals surface area (Å²) in [7, 11) is 0. The van der Waals surface area contributed by atoms with Gasteiger partial charge in [-0.3, -0.25) is 4.79 Å². The van der Waals surface area contributed by atoms with E-state index in [9.17, 15) is 4.79 Å². The molecule has 0 atom stereocenters. The van der Waals surface area contributed by atoms with Gasteiger partial charge < -0.3 is 10.1 Å². The summed E-state index contributed by atoms with van der Waals surface area (Å²) in [5.74, 6) is 0.849. The van der Waals surface area contributed by atoms with Crippen molar-refractivity contribution in [2.75, 3.05) is 13.2 Å². The van der Waals surface area contributed by atoms with Gasteiger partial charge in [0.1, 0.15) is 12.4 Å². The Morgan fingerprint density at radius 3 is 2.52 bits per heavy atom. The molecule has 0 aromatic heterocycles. The van der Waals surface area contributed by atoms with Crippen molar-refractivity contribution in [2.45, 2.75) is 26.7 Å². The monoisotopic (exact) mass is 331 g/mol. The number of nitrogens with one attached hydrogen (secondary N) is 1. The summed E-state index contributed by atoms with van der Waals surface area (Å²) >= 11 is 6.08. The smallest absolute Gasteiger partial charge is 0.220 e.